The first-order valence-electron chi connectivity index (χ1n) is 13.5. The monoisotopic (exact) mass is 571 g/mol. The van der Waals surface area contributed by atoms with Crippen molar-refractivity contribution in [1.82, 2.24) is 15.2 Å². The number of hydrogen-bond donors (Lipinski definition) is 3. The third-order valence-electron chi connectivity index (χ3n) is 6.88. The lowest BCUT2D eigenvalue weighted by Gasteiger charge is -2.30. The lowest BCUT2D eigenvalue weighted by Crippen LogP contribution is -2.35. The molecule has 0 spiro atoms. The fraction of sp³-hybridized carbons (Fsp3) is 0.226. The third kappa shape index (κ3) is 7.41. The van der Waals surface area contributed by atoms with E-state index in [0.717, 1.165) is 37.1 Å². The molecule has 3 N–H and O–H groups in total. The molecule has 0 saturated carbocycles. The van der Waals surface area contributed by atoms with Gasteiger partial charge in [-0.2, -0.15) is 0 Å². The topological polar surface area (TPSA) is 113 Å². The third-order valence-corrected chi connectivity index (χ3v) is 8.32. The van der Waals surface area contributed by atoms with Crippen molar-refractivity contribution in [2.45, 2.75) is 30.4 Å². The van der Waals surface area contributed by atoms with Gasteiger partial charge in [0, 0.05) is 54.5 Å². The average Bonchev–Trinajstić information content (AvgIpc) is 2.99. The van der Waals surface area contributed by atoms with Gasteiger partial charge in [-0.25, -0.2) is 13.2 Å². The van der Waals surface area contributed by atoms with Crippen molar-refractivity contribution < 1.29 is 17.9 Å². The van der Waals surface area contributed by atoms with Crippen molar-refractivity contribution in [2.24, 2.45) is 0 Å². The highest BCUT2D eigenvalue weighted by atomic mass is 32.2. The number of nitrogens with one attached hydrogen (secondary N) is 3. The summed E-state index contributed by atoms with van der Waals surface area (Å²) in [4.78, 5) is 18.7. The minimum Gasteiger partial charge on any atom is -0.490 e. The van der Waals surface area contributed by atoms with Crippen LogP contribution in [0.5, 0.6) is 5.75 Å². The molecule has 1 saturated heterocycles. The van der Waals surface area contributed by atoms with Gasteiger partial charge in [0.15, 0.2) is 0 Å². The molecule has 0 unspecified atom stereocenters. The Morgan fingerprint density at radius 3 is 2.32 bits per heavy atom. The molecule has 4 aromatic rings. The molecule has 2 heterocycles. The maximum Gasteiger partial charge on any atom is 0.319 e. The van der Waals surface area contributed by atoms with E-state index in [1.54, 1.807) is 60.9 Å². The Hall–Kier alpha value is -4.41. The molecule has 41 heavy (non-hydrogen) atoms. The number of pyridine rings is 1. The average molecular weight is 572 g/mol. The van der Waals surface area contributed by atoms with Crippen LogP contribution in [0.2, 0.25) is 0 Å². The Morgan fingerprint density at radius 2 is 1.59 bits per heavy atom. The summed E-state index contributed by atoms with van der Waals surface area (Å²) in [6, 6.07) is 24.2. The Kier molecular flexibility index (Phi) is 8.81. The predicted molar refractivity (Wildman–Crippen MR) is 160 cm³/mol. The minimum absolute atomic E-state index is 0.0822. The van der Waals surface area contributed by atoms with E-state index in [1.807, 2.05) is 36.4 Å². The summed E-state index contributed by atoms with van der Waals surface area (Å²) in [5, 5.41) is 5.50. The molecule has 10 heteroatoms. The van der Waals surface area contributed by atoms with Gasteiger partial charge in [0.2, 0.25) is 0 Å². The van der Waals surface area contributed by atoms with Crippen molar-refractivity contribution in [3.63, 3.8) is 0 Å². The molecule has 0 aliphatic carbocycles. The first-order chi connectivity index (χ1) is 19.9. The number of carbonyl (C=O) groups is 1. The zero-order chi connectivity index (χ0) is 28.7. The fourth-order valence-electron chi connectivity index (χ4n) is 4.69. The zero-order valence-corrected chi connectivity index (χ0v) is 23.6. The van der Waals surface area contributed by atoms with Gasteiger partial charge in [-0.15, -0.1) is 0 Å². The number of benzene rings is 3. The molecule has 5 rings (SSSR count). The highest BCUT2D eigenvalue weighted by Crippen LogP contribution is 2.36. The van der Waals surface area contributed by atoms with Gasteiger partial charge < -0.3 is 20.3 Å². The van der Waals surface area contributed by atoms with Gasteiger partial charge in [0.05, 0.1) is 4.90 Å². The van der Waals surface area contributed by atoms with E-state index in [-0.39, 0.29) is 17.0 Å². The Labute approximate surface area is 240 Å². The number of carbonyl (C=O) groups excluding carboxylic acids is 1. The second kappa shape index (κ2) is 12.8. The number of amides is 2. The molecule has 0 bridgehead atoms. The van der Waals surface area contributed by atoms with Gasteiger partial charge in [-0.3, -0.25) is 9.71 Å². The number of rotatable bonds is 9. The van der Waals surface area contributed by atoms with E-state index >= 15 is 0 Å². The minimum atomic E-state index is -3.94. The van der Waals surface area contributed by atoms with Crippen LogP contribution >= 0.6 is 0 Å². The number of para-hydroxylation sites is 1. The van der Waals surface area contributed by atoms with E-state index in [1.165, 1.54) is 0 Å². The number of anilines is 2. The number of hydrogen-bond acceptors (Lipinski definition) is 6. The van der Waals surface area contributed by atoms with Gasteiger partial charge >= 0.3 is 6.03 Å². The molecule has 2 amide bonds. The van der Waals surface area contributed by atoms with Crippen molar-refractivity contribution in [3.8, 4) is 16.9 Å². The molecule has 212 valence electrons. The van der Waals surface area contributed by atoms with Crippen molar-refractivity contribution in [2.75, 3.05) is 30.2 Å². The predicted octanol–water partition coefficient (Wildman–Crippen LogP) is 5.34. The van der Waals surface area contributed by atoms with E-state index < -0.39 is 10.0 Å². The smallest absolute Gasteiger partial charge is 0.319 e. The second-order valence-corrected chi connectivity index (χ2v) is 11.6. The van der Waals surface area contributed by atoms with E-state index in [4.69, 9.17) is 4.74 Å². The first-order valence-corrected chi connectivity index (χ1v) is 15.0. The lowest BCUT2D eigenvalue weighted by molar-refractivity contribution is 0.115. The maximum atomic E-state index is 13.6. The zero-order valence-electron chi connectivity index (χ0n) is 22.8. The summed E-state index contributed by atoms with van der Waals surface area (Å²) < 4.78 is 36.2. The molecule has 3 aromatic carbocycles. The molecule has 0 atom stereocenters. The molecule has 1 fully saturated rings. The van der Waals surface area contributed by atoms with Crippen LogP contribution in [0.3, 0.4) is 0 Å². The SMILES string of the molecule is CN1CCC(Oc2ccccc2-c2ccccc2S(=O)(=O)Nc2ccc(NC(=O)NCc3cccnc3)cc2)CC1. The van der Waals surface area contributed by atoms with Crippen LogP contribution in [0.4, 0.5) is 16.2 Å². The number of nitrogens with zero attached hydrogens (tertiary/aromatic N) is 2. The molecular weight excluding hydrogens is 538 g/mol. The lowest BCUT2D eigenvalue weighted by atomic mass is 10.0. The van der Waals surface area contributed by atoms with Crippen LogP contribution in [0.25, 0.3) is 11.1 Å². The number of likely N-dealkylation sites (tertiary alicyclic amines) is 1. The summed E-state index contributed by atoms with van der Waals surface area (Å²) >= 11 is 0. The molecule has 1 aliphatic rings. The fourth-order valence-corrected chi connectivity index (χ4v) is 5.97. The van der Waals surface area contributed by atoms with Crippen LogP contribution < -0.4 is 20.1 Å². The summed E-state index contributed by atoms with van der Waals surface area (Å²) in [6.07, 6.45) is 5.27. The number of piperidine rings is 1. The number of sulfonamides is 1. The van der Waals surface area contributed by atoms with Gasteiger partial charge in [-0.1, -0.05) is 42.5 Å². The Bertz CT molecular complexity index is 1570. The van der Waals surface area contributed by atoms with Crippen LogP contribution in [-0.4, -0.2) is 50.6 Å². The largest absolute Gasteiger partial charge is 0.490 e. The Morgan fingerprint density at radius 1 is 0.902 bits per heavy atom. The van der Waals surface area contributed by atoms with E-state index in [2.05, 4.69) is 32.3 Å². The van der Waals surface area contributed by atoms with Crippen LogP contribution in [0, 0.1) is 0 Å². The normalized spacial score (nSPS) is 14.3. The number of aromatic nitrogens is 1. The van der Waals surface area contributed by atoms with E-state index in [9.17, 15) is 13.2 Å². The quantitative estimate of drug-likeness (QED) is 0.250. The van der Waals surface area contributed by atoms with Gasteiger partial charge in [-0.05, 0) is 67.9 Å². The van der Waals surface area contributed by atoms with Crippen LogP contribution in [-0.2, 0) is 16.6 Å². The van der Waals surface area contributed by atoms with Crippen LogP contribution in [0.15, 0.2) is 102 Å². The summed E-state index contributed by atoms with van der Waals surface area (Å²) in [5.74, 6) is 0.668. The Balaban J connectivity index is 1.28. The highest BCUT2D eigenvalue weighted by Gasteiger charge is 2.23. The number of ether oxygens (including phenoxy) is 1. The summed E-state index contributed by atoms with van der Waals surface area (Å²) in [6.45, 7) is 2.27. The molecule has 1 aliphatic heterocycles. The van der Waals surface area contributed by atoms with Crippen LogP contribution in [0.1, 0.15) is 18.4 Å². The highest BCUT2D eigenvalue weighted by molar-refractivity contribution is 7.92. The van der Waals surface area contributed by atoms with Gasteiger partial charge in [0.1, 0.15) is 11.9 Å². The second-order valence-electron chi connectivity index (χ2n) is 9.96. The summed E-state index contributed by atoms with van der Waals surface area (Å²) in [7, 11) is -1.84. The first kappa shape index (κ1) is 28.1. The molecular formula is C31H33N5O4S. The standard InChI is InChI=1S/C31H33N5O4S/c1-36-19-16-26(17-20-36)40-29-10-4-2-8-27(29)28-9-3-5-11-30(28)41(38,39)35-25-14-12-24(13-15-25)34-31(37)33-22-23-7-6-18-32-21-23/h2-15,18,21,26,35H,16-17,19-20,22H2,1H3,(H2,33,34,37). The maximum absolute atomic E-state index is 13.6. The van der Waals surface area contributed by atoms with E-state index in [0.29, 0.717) is 29.2 Å². The molecule has 9 nitrogen and oxygen atoms in total. The van der Waals surface area contributed by atoms with Gasteiger partial charge in [0.25, 0.3) is 10.0 Å². The van der Waals surface area contributed by atoms with Crippen molar-refractivity contribution in [1.29, 1.82) is 0 Å². The number of urea groups is 1. The van der Waals surface area contributed by atoms with Crippen molar-refractivity contribution >= 4 is 27.4 Å². The van der Waals surface area contributed by atoms with Crippen molar-refractivity contribution in [3.05, 3.63) is 103 Å². The molecule has 1 aromatic heterocycles. The molecule has 0 radical (unpaired) electrons. The summed E-state index contributed by atoms with van der Waals surface area (Å²) in [5.41, 5.74) is 3.06.